The van der Waals surface area contributed by atoms with Crippen molar-refractivity contribution < 1.29 is 19.6 Å². The standard InChI is InChI=1S/C27H43N5O4.ClH/c1-20(2)17-24(23(27(35)30-36)12-8-11-22-9-6-5-7-10-22)26(34)29-32(18-21(3)4)25(33)19-31-15-13-28-14-16-31;/h5-11,20-21,23-24,28,36H,12-19H2,1-4H3,(H,29,34)(H,30,35);1H/b11-8+;/t23-,24+;/m0./s1. The van der Waals surface area contributed by atoms with Gasteiger partial charge in [-0.1, -0.05) is 70.2 Å². The van der Waals surface area contributed by atoms with E-state index in [0.717, 1.165) is 31.7 Å². The minimum atomic E-state index is -0.790. The zero-order valence-corrected chi connectivity index (χ0v) is 23.3. The SMILES string of the molecule is CC(C)C[C@@H](C(=O)NN(CC(C)C)C(=O)CN1CCNCC1)[C@H](C/C=C/c1ccccc1)C(=O)NO.Cl. The number of rotatable bonds is 12. The average Bonchev–Trinajstić information content (AvgIpc) is 2.85. The molecule has 0 unspecified atom stereocenters. The van der Waals surface area contributed by atoms with Crippen molar-refractivity contribution in [2.24, 2.45) is 23.7 Å². The monoisotopic (exact) mass is 537 g/mol. The van der Waals surface area contributed by atoms with Gasteiger partial charge in [-0.3, -0.25) is 34.9 Å². The molecule has 1 aromatic carbocycles. The molecule has 1 aliphatic heterocycles. The molecule has 1 fully saturated rings. The zero-order valence-electron chi connectivity index (χ0n) is 22.5. The molecule has 0 aliphatic carbocycles. The molecule has 0 radical (unpaired) electrons. The first-order chi connectivity index (χ1) is 17.2. The van der Waals surface area contributed by atoms with Gasteiger partial charge in [0.05, 0.1) is 18.4 Å². The summed E-state index contributed by atoms with van der Waals surface area (Å²) in [5.74, 6) is -2.42. The van der Waals surface area contributed by atoms with Crippen molar-refractivity contribution in [1.29, 1.82) is 0 Å². The van der Waals surface area contributed by atoms with E-state index < -0.39 is 17.7 Å². The maximum Gasteiger partial charge on any atom is 0.255 e. The number of allylic oxidation sites excluding steroid dienone is 1. The highest BCUT2D eigenvalue weighted by atomic mass is 35.5. The van der Waals surface area contributed by atoms with Crippen molar-refractivity contribution in [1.82, 2.24) is 26.1 Å². The second-order valence-corrected chi connectivity index (χ2v) is 10.3. The Labute approximate surface area is 227 Å². The van der Waals surface area contributed by atoms with E-state index in [1.165, 1.54) is 5.01 Å². The maximum atomic E-state index is 13.5. The number of piperazine rings is 1. The Morgan fingerprint density at radius 1 is 1.03 bits per heavy atom. The van der Waals surface area contributed by atoms with Crippen LogP contribution in [0.15, 0.2) is 36.4 Å². The molecule has 9 nitrogen and oxygen atoms in total. The van der Waals surface area contributed by atoms with E-state index in [-0.39, 0.29) is 49.0 Å². The fourth-order valence-electron chi connectivity index (χ4n) is 4.35. The van der Waals surface area contributed by atoms with Crippen LogP contribution in [0.4, 0.5) is 0 Å². The van der Waals surface area contributed by atoms with Gasteiger partial charge in [0.2, 0.25) is 11.8 Å². The summed E-state index contributed by atoms with van der Waals surface area (Å²) in [6.07, 6.45) is 4.44. The molecule has 10 heteroatoms. The smallest absolute Gasteiger partial charge is 0.255 e. The van der Waals surface area contributed by atoms with Crippen LogP contribution in [0.1, 0.15) is 46.1 Å². The molecule has 208 valence electrons. The number of halogens is 1. The van der Waals surface area contributed by atoms with E-state index in [9.17, 15) is 19.6 Å². The molecule has 2 atom stereocenters. The quantitative estimate of drug-likeness (QED) is 0.241. The number of carbonyl (C=O) groups excluding carboxylic acids is 3. The van der Waals surface area contributed by atoms with E-state index in [0.29, 0.717) is 13.0 Å². The number of nitrogens with zero attached hydrogens (tertiary/aromatic N) is 2. The molecule has 1 aromatic rings. The Hall–Kier alpha value is -2.46. The Balaban J connectivity index is 0.00000684. The number of carbonyl (C=O) groups is 3. The molecular formula is C27H44ClN5O4. The lowest BCUT2D eigenvalue weighted by molar-refractivity contribution is -0.148. The Morgan fingerprint density at radius 3 is 2.24 bits per heavy atom. The van der Waals surface area contributed by atoms with Crippen molar-refractivity contribution >= 4 is 36.2 Å². The lowest BCUT2D eigenvalue weighted by Gasteiger charge is -2.33. The number of hydrazine groups is 1. The molecule has 37 heavy (non-hydrogen) atoms. The van der Waals surface area contributed by atoms with Gasteiger partial charge in [0.1, 0.15) is 0 Å². The topological polar surface area (TPSA) is 114 Å². The summed E-state index contributed by atoms with van der Waals surface area (Å²) >= 11 is 0. The molecular weight excluding hydrogens is 494 g/mol. The van der Waals surface area contributed by atoms with E-state index in [4.69, 9.17) is 0 Å². The number of amides is 3. The van der Waals surface area contributed by atoms with E-state index in [2.05, 4.69) is 15.6 Å². The van der Waals surface area contributed by atoms with Crippen LogP contribution < -0.4 is 16.2 Å². The molecule has 0 saturated carbocycles. The molecule has 4 N–H and O–H groups in total. The van der Waals surface area contributed by atoms with Crippen LogP contribution in [-0.2, 0) is 14.4 Å². The second-order valence-electron chi connectivity index (χ2n) is 10.3. The lowest BCUT2D eigenvalue weighted by Crippen LogP contribution is -2.55. The van der Waals surface area contributed by atoms with Gasteiger partial charge in [0, 0.05) is 32.7 Å². The number of benzene rings is 1. The summed E-state index contributed by atoms with van der Waals surface area (Å²) in [4.78, 5) is 41.4. The highest BCUT2D eigenvalue weighted by molar-refractivity contribution is 5.89. The van der Waals surface area contributed by atoms with Crippen LogP contribution >= 0.6 is 12.4 Å². The highest BCUT2D eigenvalue weighted by Gasteiger charge is 2.35. The predicted octanol–water partition coefficient (Wildman–Crippen LogP) is 2.72. The van der Waals surface area contributed by atoms with Crippen LogP contribution in [-0.4, -0.2) is 72.1 Å². The van der Waals surface area contributed by atoms with Crippen LogP contribution in [0.3, 0.4) is 0 Å². The van der Waals surface area contributed by atoms with Gasteiger partial charge < -0.3 is 5.32 Å². The third-order valence-corrected chi connectivity index (χ3v) is 6.16. The number of hydrogen-bond acceptors (Lipinski definition) is 6. The largest absolute Gasteiger partial charge is 0.314 e. The van der Waals surface area contributed by atoms with Gasteiger partial charge in [0.25, 0.3) is 5.91 Å². The summed E-state index contributed by atoms with van der Waals surface area (Å²) in [7, 11) is 0. The van der Waals surface area contributed by atoms with Crippen molar-refractivity contribution in [2.75, 3.05) is 39.3 Å². The van der Waals surface area contributed by atoms with E-state index in [1.807, 2.05) is 70.2 Å². The van der Waals surface area contributed by atoms with E-state index >= 15 is 0 Å². The Kier molecular flexibility index (Phi) is 15.1. The number of hydroxylamine groups is 1. The molecule has 1 saturated heterocycles. The van der Waals surface area contributed by atoms with Gasteiger partial charge in [-0.15, -0.1) is 12.4 Å². The van der Waals surface area contributed by atoms with Crippen LogP contribution in [0.5, 0.6) is 0 Å². The fraction of sp³-hybridized carbons (Fsp3) is 0.593. The molecule has 1 aliphatic rings. The summed E-state index contributed by atoms with van der Waals surface area (Å²) in [6.45, 7) is 11.7. The summed E-state index contributed by atoms with van der Waals surface area (Å²) in [5, 5.41) is 14.1. The van der Waals surface area contributed by atoms with Crippen molar-refractivity contribution in [3.05, 3.63) is 42.0 Å². The average molecular weight is 538 g/mol. The Morgan fingerprint density at radius 2 is 1.68 bits per heavy atom. The zero-order chi connectivity index (χ0) is 26.5. The first-order valence-electron chi connectivity index (χ1n) is 12.9. The summed E-state index contributed by atoms with van der Waals surface area (Å²) in [5.41, 5.74) is 5.55. The first-order valence-corrected chi connectivity index (χ1v) is 12.9. The molecule has 0 aromatic heterocycles. The van der Waals surface area contributed by atoms with Gasteiger partial charge in [-0.2, -0.15) is 0 Å². The fourth-order valence-corrected chi connectivity index (χ4v) is 4.35. The van der Waals surface area contributed by atoms with Gasteiger partial charge >= 0.3 is 0 Å². The normalized spacial score (nSPS) is 15.8. The first kappa shape index (κ1) is 32.6. The number of hydrogen-bond donors (Lipinski definition) is 4. The van der Waals surface area contributed by atoms with Crippen molar-refractivity contribution in [3.63, 3.8) is 0 Å². The second kappa shape index (κ2) is 17.1. The molecule has 1 heterocycles. The van der Waals surface area contributed by atoms with Crippen LogP contribution in [0, 0.1) is 23.7 Å². The Bertz CT molecular complexity index is 860. The predicted molar refractivity (Wildman–Crippen MR) is 148 cm³/mol. The molecule has 2 rings (SSSR count). The van der Waals surface area contributed by atoms with Crippen molar-refractivity contribution in [2.45, 2.75) is 40.5 Å². The van der Waals surface area contributed by atoms with Crippen molar-refractivity contribution in [3.8, 4) is 0 Å². The highest BCUT2D eigenvalue weighted by Crippen LogP contribution is 2.25. The lowest BCUT2D eigenvalue weighted by atomic mass is 9.82. The summed E-state index contributed by atoms with van der Waals surface area (Å²) in [6, 6.07) is 9.67. The third-order valence-electron chi connectivity index (χ3n) is 6.16. The minimum absolute atomic E-state index is 0. The summed E-state index contributed by atoms with van der Waals surface area (Å²) < 4.78 is 0. The van der Waals surface area contributed by atoms with Crippen LogP contribution in [0.25, 0.3) is 6.08 Å². The minimum Gasteiger partial charge on any atom is -0.314 e. The third kappa shape index (κ3) is 11.6. The van der Waals surface area contributed by atoms with Gasteiger partial charge in [-0.05, 0) is 30.2 Å². The van der Waals surface area contributed by atoms with Gasteiger partial charge in [-0.25, -0.2) is 5.48 Å². The molecule has 3 amide bonds. The van der Waals surface area contributed by atoms with Crippen LogP contribution in [0.2, 0.25) is 0 Å². The molecule has 0 spiro atoms. The van der Waals surface area contributed by atoms with Gasteiger partial charge in [0.15, 0.2) is 0 Å². The molecule has 0 bridgehead atoms. The number of nitrogens with one attached hydrogen (secondary N) is 3. The maximum absolute atomic E-state index is 13.5. The van der Waals surface area contributed by atoms with E-state index in [1.54, 1.807) is 5.48 Å².